The first-order chi connectivity index (χ1) is 8.42. The predicted molar refractivity (Wildman–Crippen MR) is 72.0 cm³/mol. The van der Waals surface area contributed by atoms with Crippen molar-refractivity contribution in [2.75, 3.05) is 18.5 Å². The first-order valence-corrected chi connectivity index (χ1v) is 5.91. The molecule has 0 spiro atoms. The van der Waals surface area contributed by atoms with Gasteiger partial charge in [0.05, 0.1) is 11.6 Å². The molecule has 2 N–H and O–H groups in total. The Morgan fingerprint density at radius 3 is 2.72 bits per heavy atom. The van der Waals surface area contributed by atoms with Gasteiger partial charge in [-0.1, -0.05) is 19.9 Å². The normalized spacial score (nSPS) is 10.8. The lowest BCUT2D eigenvalue weighted by molar-refractivity contribution is -0.126. The predicted octanol–water partition coefficient (Wildman–Crippen LogP) is 1.90. The van der Waals surface area contributed by atoms with Crippen LogP contribution < -0.4 is 10.6 Å². The zero-order valence-electron chi connectivity index (χ0n) is 11.1. The van der Waals surface area contributed by atoms with Gasteiger partial charge < -0.3 is 10.6 Å². The van der Waals surface area contributed by atoms with E-state index in [0.717, 1.165) is 5.69 Å². The minimum absolute atomic E-state index is 0.00281. The molecule has 0 atom stereocenters. The number of nitrogens with two attached hydrogens (primary N) is 1. The van der Waals surface area contributed by atoms with Gasteiger partial charge in [-0.25, -0.2) is 0 Å². The fourth-order valence-electron chi connectivity index (χ4n) is 1.82. The Morgan fingerprint density at radius 1 is 1.50 bits per heavy atom. The van der Waals surface area contributed by atoms with Crippen LogP contribution in [0.2, 0.25) is 0 Å². The Morgan fingerprint density at radius 2 is 2.17 bits per heavy atom. The third kappa shape index (κ3) is 3.08. The maximum absolute atomic E-state index is 12.3. The van der Waals surface area contributed by atoms with Crippen molar-refractivity contribution in [3.8, 4) is 6.07 Å². The molecular weight excluding hydrogens is 226 g/mol. The van der Waals surface area contributed by atoms with Crippen LogP contribution >= 0.6 is 0 Å². The van der Waals surface area contributed by atoms with Gasteiger partial charge in [-0.2, -0.15) is 5.26 Å². The van der Waals surface area contributed by atoms with Crippen LogP contribution in [0.15, 0.2) is 24.3 Å². The molecule has 0 radical (unpaired) electrons. The van der Waals surface area contributed by atoms with E-state index in [1.54, 1.807) is 30.1 Å². The van der Waals surface area contributed by atoms with Crippen LogP contribution in [0.1, 0.15) is 25.8 Å². The summed E-state index contributed by atoms with van der Waals surface area (Å²) in [4.78, 5) is 13.9. The van der Waals surface area contributed by atoms with Gasteiger partial charge in [0.25, 0.3) is 0 Å². The lowest BCUT2D eigenvalue weighted by Crippen LogP contribution is -2.39. The third-order valence-corrected chi connectivity index (χ3v) is 3.02. The summed E-state index contributed by atoms with van der Waals surface area (Å²) in [5.74, 6) is 0.00281. The Labute approximate surface area is 108 Å². The fraction of sp³-hybridized carbons (Fsp3) is 0.429. The minimum Gasteiger partial charge on any atom is -0.330 e. The van der Waals surface area contributed by atoms with Gasteiger partial charge in [0, 0.05) is 18.2 Å². The Kier molecular flexibility index (Phi) is 4.46. The van der Waals surface area contributed by atoms with E-state index in [-0.39, 0.29) is 5.91 Å². The van der Waals surface area contributed by atoms with E-state index in [0.29, 0.717) is 18.5 Å². The summed E-state index contributed by atoms with van der Waals surface area (Å²) in [5, 5.41) is 8.86. The second-order valence-electron chi connectivity index (χ2n) is 4.95. The monoisotopic (exact) mass is 245 g/mol. The summed E-state index contributed by atoms with van der Waals surface area (Å²) in [7, 11) is 1.72. The number of nitrogens with zero attached hydrogens (tertiary/aromatic N) is 2. The highest BCUT2D eigenvalue weighted by Crippen LogP contribution is 2.25. The van der Waals surface area contributed by atoms with Crippen LogP contribution in [-0.2, 0) is 4.79 Å². The molecule has 1 aromatic carbocycles. The number of amides is 1. The summed E-state index contributed by atoms with van der Waals surface area (Å²) in [6.07, 6.45) is 0.633. The molecule has 1 amide bonds. The second kappa shape index (κ2) is 5.65. The molecule has 96 valence electrons. The molecule has 0 fully saturated rings. The quantitative estimate of drug-likeness (QED) is 0.880. The van der Waals surface area contributed by atoms with Crippen molar-refractivity contribution in [3.05, 3.63) is 29.8 Å². The number of carbonyl (C=O) groups excluding carboxylic acids is 1. The van der Waals surface area contributed by atoms with E-state index in [4.69, 9.17) is 11.0 Å². The van der Waals surface area contributed by atoms with Gasteiger partial charge in [-0.15, -0.1) is 0 Å². The topological polar surface area (TPSA) is 70.1 Å². The third-order valence-electron chi connectivity index (χ3n) is 3.02. The number of hydrogen-bond acceptors (Lipinski definition) is 3. The number of hydrogen-bond donors (Lipinski definition) is 1. The van der Waals surface area contributed by atoms with E-state index >= 15 is 0 Å². The molecule has 0 aromatic heterocycles. The maximum atomic E-state index is 12.3. The largest absolute Gasteiger partial charge is 0.330 e. The zero-order valence-corrected chi connectivity index (χ0v) is 11.1. The highest BCUT2D eigenvalue weighted by Gasteiger charge is 2.30. The highest BCUT2D eigenvalue weighted by atomic mass is 16.2. The highest BCUT2D eigenvalue weighted by molar-refractivity contribution is 5.96. The van der Waals surface area contributed by atoms with E-state index in [1.807, 2.05) is 19.9 Å². The summed E-state index contributed by atoms with van der Waals surface area (Å²) >= 11 is 0. The lowest BCUT2D eigenvalue weighted by atomic mass is 9.87. The van der Waals surface area contributed by atoms with Gasteiger partial charge in [0.2, 0.25) is 5.91 Å². The van der Waals surface area contributed by atoms with Crippen LogP contribution in [0.4, 0.5) is 5.69 Å². The molecule has 4 nitrogen and oxygen atoms in total. The van der Waals surface area contributed by atoms with E-state index in [2.05, 4.69) is 6.07 Å². The Bertz CT molecular complexity index is 474. The molecule has 0 heterocycles. The smallest absolute Gasteiger partial charge is 0.232 e. The van der Waals surface area contributed by atoms with Crippen LogP contribution in [0.5, 0.6) is 0 Å². The van der Waals surface area contributed by atoms with Crippen molar-refractivity contribution < 1.29 is 4.79 Å². The first-order valence-electron chi connectivity index (χ1n) is 5.91. The molecule has 1 rings (SSSR count). The standard InChI is InChI=1S/C14H19N3O/c1-14(2,7-8-15)13(18)17(3)12-6-4-5-11(9-12)10-16/h4-6,9H,7-8,15H2,1-3H3. The SMILES string of the molecule is CN(C(=O)C(C)(C)CCN)c1cccc(C#N)c1. The molecule has 0 saturated carbocycles. The first kappa shape index (κ1) is 14.2. The van der Waals surface area contributed by atoms with Crippen molar-refractivity contribution in [2.24, 2.45) is 11.1 Å². The summed E-state index contributed by atoms with van der Waals surface area (Å²) in [6, 6.07) is 9.08. The summed E-state index contributed by atoms with van der Waals surface area (Å²) in [6.45, 7) is 4.24. The molecule has 4 heteroatoms. The molecular formula is C14H19N3O. The number of anilines is 1. The average molecular weight is 245 g/mol. The molecule has 0 aliphatic carbocycles. The van der Waals surface area contributed by atoms with Crippen molar-refractivity contribution >= 4 is 11.6 Å². The minimum atomic E-state index is -0.494. The van der Waals surface area contributed by atoms with Crippen molar-refractivity contribution in [1.29, 1.82) is 5.26 Å². The average Bonchev–Trinajstić information content (AvgIpc) is 2.37. The van der Waals surface area contributed by atoms with Crippen molar-refractivity contribution in [2.45, 2.75) is 20.3 Å². The van der Waals surface area contributed by atoms with Crippen molar-refractivity contribution in [3.63, 3.8) is 0 Å². The molecule has 0 bridgehead atoms. The van der Waals surface area contributed by atoms with Crippen LogP contribution in [0.3, 0.4) is 0 Å². The maximum Gasteiger partial charge on any atom is 0.232 e. The Balaban J connectivity index is 2.96. The van der Waals surface area contributed by atoms with Gasteiger partial charge in [-0.3, -0.25) is 4.79 Å². The molecule has 0 aliphatic heterocycles. The molecule has 0 aliphatic rings. The van der Waals surface area contributed by atoms with Crippen LogP contribution in [0, 0.1) is 16.7 Å². The van der Waals surface area contributed by atoms with Crippen LogP contribution in [-0.4, -0.2) is 19.5 Å². The van der Waals surface area contributed by atoms with Gasteiger partial charge in [0.15, 0.2) is 0 Å². The van der Waals surface area contributed by atoms with E-state index in [9.17, 15) is 4.79 Å². The Hall–Kier alpha value is -1.86. The number of carbonyl (C=O) groups is 1. The molecule has 18 heavy (non-hydrogen) atoms. The molecule has 1 aromatic rings. The zero-order chi connectivity index (χ0) is 13.8. The summed E-state index contributed by atoms with van der Waals surface area (Å²) < 4.78 is 0. The van der Waals surface area contributed by atoms with E-state index < -0.39 is 5.41 Å². The fourth-order valence-corrected chi connectivity index (χ4v) is 1.82. The number of benzene rings is 1. The lowest BCUT2D eigenvalue weighted by Gasteiger charge is -2.29. The van der Waals surface area contributed by atoms with E-state index in [1.165, 1.54) is 0 Å². The van der Waals surface area contributed by atoms with Gasteiger partial charge in [-0.05, 0) is 31.2 Å². The van der Waals surface area contributed by atoms with Crippen molar-refractivity contribution in [1.82, 2.24) is 0 Å². The number of rotatable bonds is 4. The van der Waals surface area contributed by atoms with Crippen LogP contribution in [0.25, 0.3) is 0 Å². The molecule has 0 saturated heterocycles. The van der Waals surface area contributed by atoms with Gasteiger partial charge >= 0.3 is 0 Å². The number of nitriles is 1. The summed E-state index contributed by atoms with van der Waals surface area (Å²) in [5.41, 5.74) is 6.30. The molecule has 0 unspecified atom stereocenters. The second-order valence-corrected chi connectivity index (χ2v) is 4.95. The van der Waals surface area contributed by atoms with Gasteiger partial charge in [0.1, 0.15) is 0 Å².